The van der Waals surface area contributed by atoms with Gasteiger partial charge < -0.3 is 5.11 Å². The largest absolute Gasteiger partial charge is 0.394 e. The van der Waals surface area contributed by atoms with Gasteiger partial charge in [-0.25, -0.2) is 9.97 Å². The maximum atomic E-state index is 9.36. The van der Waals surface area contributed by atoms with Gasteiger partial charge in [0.2, 0.25) is 0 Å². The Labute approximate surface area is 117 Å². The fourth-order valence-corrected chi connectivity index (χ4v) is 1.88. The molecule has 2 aromatic heterocycles. The summed E-state index contributed by atoms with van der Waals surface area (Å²) in [5.41, 5.74) is 0.377. The van der Waals surface area contributed by atoms with Crippen molar-refractivity contribution in [3.63, 3.8) is 0 Å². The van der Waals surface area contributed by atoms with Gasteiger partial charge in [0.1, 0.15) is 11.0 Å². The van der Waals surface area contributed by atoms with Gasteiger partial charge in [-0.15, -0.1) is 0 Å². The van der Waals surface area contributed by atoms with E-state index >= 15 is 0 Å². The van der Waals surface area contributed by atoms with Crippen LogP contribution in [0.1, 0.15) is 19.7 Å². The Morgan fingerprint density at radius 3 is 2.74 bits per heavy atom. The molecule has 0 fully saturated rings. The zero-order valence-corrected chi connectivity index (χ0v) is 12.3. The average molecular weight is 284 g/mol. The zero-order chi connectivity index (χ0) is 14.2. The molecule has 0 aliphatic carbocycles. The van der Waals surface area contributed by atoms with Crippen LogP contribution < -0.4 is 0 Å². The van der Waals surface area contributed by atoms with Crippen LogP contribution in [-0.4, -0.2) is 48.9 Å². The lowest BCUT2D eigenvalue weighted by molar-refractivity contribution is 0.0715. The van der Waals surface area contributed by atoms with Crippen molar-refractivity contribution in [3.05, 3.63) is 17.2 Å². The predicted molar refractivity (Wildman–Crippen MR) is 73.9 cm³/mol. The number of nitrogens with zero attached hydrogens (tertiary/aromatic N) is 5. The number of aryl methyl sites for hydroxylation is 1. The van der Waals surface area contributed by atoms with E-state index in [1.165, 1.54) is 0 Å². The highest BCUT2D eigenvalue weighted by Gasteiger charge is 2.23. The van der Waals surface area contributed by atoms with Crippen LogP contribution in [0.4, 0.5) is 0 Å². The Kier molecular flexibility index (Phi) is 3.75. The van der Waals surface area contributed by atoms with Crippen molar-refractivity contribution >= 4 is 22.6 Å². The minimum atomic E-state index is -0.336. The predicted octanol–water partition coefficient (Wildman–Crippen LogP) is 1.22. The molecule has 0 spiro atoms. The minimum Gasteiger partial charge on any atom is -0.394 e. The lowest BCUT2D eigenvalue weighted by atomic mass is 10.1. The summed E-state index contributed by atoms with van der Waals surface area (Å²) < 4.78 is 1.67. The number of aliphatic hydroxyl groups excluding tert-OH is 1. The molecule has 0 radical (unpaired) electrons. The van der Waals surface area contributed by atoms with Gasteiger partial charge in [-0.1, -0.05) is 11.6 Å². The van der Waals surface area contributed by atoms with E-state index in [1.807, 2.05) is 32.8 Å². The molecule has 0 amide bonds. The minimum absolute atomic E-state index is 0.0607. The van der Waals surface area contributed by atoms with Crippen molar-refractivity contribution in [1.29, 1.82) is 0 Å². The summed E-state index contributed by atoms with van der Waals surface area (Å²) in [7, 11) is 3.73. The van der Waals surface area contributed by atoms with Crippen LogP contribution in [0, 0.1) is 0 Å². The smallest absolute Gasteiger partial charge is 0.162 e. The molecule has 104 valence electrons. The quantitative estimate of drug-likeness (QED) is 0.855. The third-order valence-electron chi connectivity index (χ3n) is 3.39. The first-order valence-corrected chi connectivity index (χ1v) is 6.39. The molecule has 7 heteroatoms. The Morgan fingerprint density at radius 1 is 1.42 bits per heavy atom. The third kappa shape index (κ3) is 2.70. The van der Waals surface area contributed by atoms with Gasteiger partial charge in [0.25, 0.3) is 0 Å². The lowest BCUT2D eigenvalue weighted by Gasteiger charge is -2.33. The van der Waals surface area contributed by atoms with Crippen LogP contribution in [0.3, 0.4) is 0 Å². The second-order valence-corrected chi connectivity index (χ2v) is 5.62. The molecule has 19 heavy (non-hydrogen) atoms. The highest BCUT2D eigenvalue weighted by atomic mass is 35.5. The monoisotopic (exact) mass is 283 g/mol. The van der Waals surface area contributed by atoms with E-state index < -0.39 is 0 Å². The first-order chi connectivity index (χ1) is 8.85. The van der Waals surface area contributed by atoms with Crippen LogP contribution in [0.15, 0.2) is 6.20 Å². The van der Waals surface area contributed by atoms with Crippen LogP contribution in [0.2, 0.25) is 5.15 Å². The van der Waals surface area contributed by atoms with Crippen molar-refractivity contribution in [2.75, 3.05) is 13.7 Å². The van der Waals surface area contributed by atoms with E-state index in [2.05, 4.69) is 15.1 Å². The summed E-state index contributed by atoms with van der Waals surface area (Å²) in [5.74, 6) is 0.616. The Balaban J connectivity index is 2.33. The maximum Gasteiger partial charge on any atom is 0.162 e. The molecule has 2 rings (SSSR count). The summed E-state index contributed by atoms with van der Waals surface area (Å²) in [5, 5.41) is 14.6. The lowest BCUT2D eigenvalue weighted by Crippen LogP contribution is -2.43. The number of likely N-dealkylation sites (N-methyl/N-ethyl adjacent to an activating group) is 1. The summed E-state index contributed by atoms with van der Waals surface area (Å²) >= 11 is 6.13. The number of hydrogen-bond acceptors (Lipinski definition) is 5. The molecule has 2 heterocycles. The van der Waals surface area contributed by atoms with Crippen molar-refractivity contribution < 1.29 is 5.11 Å². The first-order valence-electron chi connectivity index (χ1n) is 6.01. The van der Waals surface area contributed by atoms with Gasteiger partial charge in [0, 0.05) is 12.6 Å². The van der Waals surface area contributed by atoms with Gasteiger partial charge in [0.05, 0.1) is 24.7 Å². The Hall–Kier alpha value is -1.24. The summed E-state index contributed by atoms with van der Waals surface area (Å²) in [6.07, 6.45) is 1.66. The molecule has 0 aromatic carbocycles. The number of aliphatic hydroxyl groups is 1. The highest BCUT2D eigenvalue weighted by molar-refractivity contribution is 6.33. The average Bonchev–Trinajstić information content (AvgIpc) is 2.72. The highest BCUT2D eigenvalue weighted by Crippen LogP contribution is 2.21. The number of halogens is 1. The van der Waals surface area contributed by atoms with E-state index in [9.17, 15) is 5.11 Å². The van der Waals surface area contributed by atoms with Crippen LogP contribution in [-0.2, 0) is 13.6 Å². The zero-order valence-electron chi connectivity index (χ0n) is 11.6. The number of aromatic nitrogens is 4. The van der Waals surface area contributed by atoms with Crippen molar-refractivity contribution in [2.45, 2.75) is 25.9 Å². The van der Waals surface area contributed by atoms with Crippen molar-refractivity contribution in [2.24, 2.45) is 7.05 Å². The third-order valence-corrected chi connectivity index (χ3v) is 3.68. The molecular formula is C12H18ClN5O. The summed E-state index contributed by atoms with van der Waals surface area (Å²) in [6, 6.07) is 0. The van der Waals surface area contributed by atoms with Gasteiger partial charge in [0.15, 0.2) is 5.65 Å². The van der Waals surface area contributed by atoms with Crippen LogP contribution in [0.5, 0.6) is 0 Å². The van der Waals surface area contributed by atoms with Gasteiger partial charge >= 0.3 is 0 Å². The maximum absolute atomic E-state index is 9.36. The molecule has 0 unspecified atom stereocenters. The molecular weight excluding hydrogens is 266 g/mol. The van der Waals surface area contributed by atoms with E-state index in [-0.39, 0.29) is 12.1 Å². The van der Waals surface area contributed by atoms with E-state index in [0.717, 1.165) is 5.39 Å². The molecule has 0 aliphatic heterocycles. The fraction of sp³-hybridized carbons (Fsp3) is 0.583. The molecule has 0 aliphatic rings. The molecule has 6 nitrogen and oxygen atoms in total. The first kappa shape index (κ1) is 14.2. The summed E-state index contributed by atoms with van der Waals surface area (Å²) in [4.78, 5) is 10.7. The fourth-order valence-electron chi connectivity index (χ4n) is 1.65. The molecule has 0 saturated carbocycles. The topological polar surface area (TPSA) is 67.1 Å². The molecule has 0 atom stereocenters. The summed E-state index contributed by atoms with van der Waals surface area (Å²) in [6.45, 7) is 4.48. The van der Waals surface area contributed by atoms with Gasteiger partial charge in [-0.2, -0.15) is 5.10 Å². The van der Waals surface area contributed by atoms with Gasteiger partial charge in [-0.3, -0.25) is 9.58 Å². The Morgan fingerprint density at radius 2 is 2.11 bits per heavy atom. The molecule has 0 bridgehead atoms. The van der Waals surface area contributed by atoms with Gasteiger partial charge in [-0.05, 0) is 20.9 Å². The second-order valence-electron chi connectivity index (χ2n) is 5.26. The SMILES string of the molecule is CN(Cc1nc(Cl)c2cnn(C)c2n1)C(C)(C)CO. The van der Waals surface area contributed by atoms with E-state index in [4.69, 9.17) is 11.6 Å². The van der Waals surface area contributed by atoms with Crippen molar-refractivity contribution in [3.8, 4) is 0 Å². The number of hydrogen-bond donors (Lipinski definition) is 1. The standard InChI is InChI=1S/C12H18ClN5O/c1-12(2,7-19)17(3)6-9-15-10(13)8-5-14-18(4)11(8)16-9/h5,19H,6-7H2,1-4H3. The van der Waals surface area contributed by atoms with Crippen LogP contribution in [0.25, 0.3) is 11.0 Å². The molecule has 2 aromatic rings. The molecule has 1 N–H and O–H groups in total. The molecule has 0 saturated heterocycles. The van der Waals surface area contributed by atoms with E-state index in [1.54, 1.807) is 10.9 Å². The second kappa shape index (κ2) is 5.03. The number of fused-ring (bicyclic) bond motifs is 1. The Bertz CT molecular complexity index is 595. The van der Waals surface area contributed by atoms with E-state index in [0.29, 0.717) is 23.2 Å². The number of rotatable bonds is 4. The van der Waals surface area contributed by atoms with Crippen LogP contribution >= 0.6 is 11.6 Å². The normalized spacial score (nSPS) is 12.6. The van der Waals surface area contributed by atoms with Crippen molar-refractivity contribution in [1.82, 2.24) is 24.6 Å².